The molecule has 0 amide bonds. The number of rotatable bonds is 2. The van der Waals surface area contributed by atoms with E-state index in [2.05, 4.69) is 11.6 Å². The number of aliphatic hydroxyl groups excluding tert-OH is 2. The Bertz CT molecular complexity index is 80.6. The van der Waals surface area contributed by atoms with Gasteiger partial charge < -0.3 is 10.2 Å². The van der Waals surface area contributed by atoms with E-state index in [-0.39, 0.29) is 19.5 Å². The van der Waals surface area contributed by atoms with Gasteiger partial charge in [0.2, 0.25) is 6.29 Å². The maximum Gasteiger partial charge on any atom is 0.284 e. The van der Waals surface area contributed by atoms with E-state index in [9.17, 15) is 4.79 Å². The predicted octanol–water partition coefficient (Wildman–Crippen LogP) is -1.08. The van der Waals surface area contributed by atoms with Crippen LogP contribution < -0.4 is 0 Å². The van der Waals surface area contributed by atoms with Crippen LogP contribution in [-0.2, 0) is 9.59 Å². The van der Waals surface area contributed by atoms with Crippen LogP contribution in [0.4, 0.5) is 0 Å². The Morgan fingerprint density at radius 1 is 1.44 bits per heavy atom. The van der Waals surface area contributed by atoms with Gasteiger partial charge in [-0.05, 0) is 11.6 Å². The molecule has 0 aliphatic rings. The van der Waals surface area contributed by atoms with Crippen LogP contribution in [0.3, 0.4) is 0 Å². The molecule has 0 aliphatic heterocycles. The Labute approximate surface area is 57.1 Å². The Kier molecular flexibility index (Phi) is 13.3. The van der Waals surface area contributed by atoms with E-state index in [0.29, 0.717) is 0 Å². The lowest BCUT2D eigenvalue weighted by molar-refractivity contribution is -0.124. The standard InChI is InChI=1S/C2HClO2.C2H6O2/c3-2(5)1-4;3-1-2-4/h1H;3-4H,1-2H2. The van der Waals surface area contributed by atoms with E-state index in [0.717, 1.165) is 0 Å². The molecule has 0 spiro atoms. The largest absolute Gasteiger partial charge is 0.394 e. The highest BCUT2D eigenvalue weighted by molar-refractivity contribution is 6.77. The van der Waals surface area contributed by atoms with Crippen molar-refractivity contribution in [1.82, 2.24) is 0 Å². The molecule has 4 nitrogen and oxygen atoms in total. The van der Waals surface area contributed by atoms with E-state index in [1.165, 1.54) is 0 Å². The van der Waals surface area contributed by atoms with Crippen LogP contribution in [0.25, 0.3) is 0 Å². The van der Waals surface area contributed by atoms with Crippen molar-refractivity contribution in [3.05, 3.63) is 0 Å². The molecule has 0 radical (unpaired) electrons. The average molecular weight is 155 g/mol. The summed E-state index contributed by atoms with van der Waals surface area (Å²) in [6.07, 6.45) is 0.0432. The summed E-state index contributed by atoms with van der Waals surface area (Å²) in [6.45, 7) is -0.250. The lowest BCUT2D eigenvalue weighted by atomic mass is 10.8. The molecule has 0 aromatic carbocycles. The zero-order valence-electron chi connectivity index (χ0n) is 4.58. The van der Waals surface area contributed by atoms with Crippen molar-refractivity contribution in [2.75, 3.05) is 13.2 Å². The van der Waals surface area contributed by atoms with Gasteiger partial charge in [0, 0.05) is 0 Å². The Morgan fingerprint density at radius 2 is 1.67 bits per heavy atom. The topological polar surface area (TPSA) is 74.6 Å². The SMILES string of the molecule is O=CC(=O)Cl.OCCO. The van der Waals surface area contributed by atoms with E-state index in [1.54, 1.807) is 0 Å². The lowest BCUT2D eigenvalue weighted by Crippen LogP contribution is -1.85. The normalized spacial score (nSPS) is 7.00. The number of carbonyl (C=O) groups excluding carboxylic acids is 2. The summed E-state index contributed by atoms with van der Waals surface area (Å²) in [4.78, 5) is 18.2. The molecule has 0 atom stereocenters. The molecule has 0 aromatic heterocycles. The number of aliphatic hydroxyl groups is 2. The Morgan fingerprint density at radius 3 is 1.67 bits per heavy atom. The monoisotopic (exact) mass is 154 g/mol. The molecule has 0 fully saturated rings. The van der Waals surface area contributed by atoms with Gasteiger partial charge in [-0.15, -0.1) is 0 Å². The highest BCUT2D eigenvalue weighted by atomic mass is 35.5. The summed E-state index contributed by atoms with van der Waals surface area (Å²) < 4.78 is 0. The summed E-state index contributed by atoms with van der Waals surface area (Å²) in [7, 11) is 0. The van der Waals surface area contributed by atoms with Crippen molar-refractivity contribution >= 4 is 23.1 Å². The first-order valence-electron chi connectivity index (χ1n) is 2.05. The molecule has 54 valence electrons. The van der Waals surface area contributed by atoms with Gasteiger partial charge in [-0.3, -0.25) is 9.59 Å². The van der Waals surface area contributed by atoms with Gasteiger partial charge in [-0.25, -0.2) is 0 Å². The Hall–Kier alpha value is -0.450. The molecule has 0 heterocycles. The summed E-state index contributed by atoms with van der Waals surface area (Å²) >= 11 is 4.46. The third-order valence-corrected chi connectivity index (χ3v) is 0.282. The molecule has 2 N–H and O–H groups in total. The summed E-state index contributed by atoms with van der Waals surface area (Å²) in [5.41, 5.74) is 0. The second kappa shape index (κ2) is 10.5. The maximum atomic E-state index is 9.21. The zero-order valence-corrected chi connectivity index (χ0v) is 5.34. The van der Waals surface area contributed by atoms with Gasteiger partial charge in [0.15, 0.2) is 0 Å². The average Bonchev–Trinajstić information content (AvgIpc) is 1.89. The van der Waals surface area contributed by atoms with Crippen LogP contribution in [-0.4, -0.2) is 35.0 Å². The van der Waals surface area contributed by atoms with Crippen molar-refractivity contribution in [2.45, 2.75) is 0 Å². The van der Waals surface area contributed by atoms with Gasteiger partial charge in [-0.1, -0.05) is 0 Å². The molecule has 0 bridgehead atoms. The first-order valence-corrected chi connectivity index (χ1v) is 2.43. The zero-order chi connectivity index (χ0) is 7.70. The van der Waals surface area contributed by atoms with Gasteiger partial charge >= 0.3 is 0 Å². The van der Waals surface area contributed by atoms with Gasteiger partial charge in [0.1, 0.15) is 0 Å². The molecule has 0 saturated carbocycles. The van der Waals surface area contributed by atoms with Gasteiger partial charge in [-0.2, -0.15) is 0 Å². The number of aldehydes is 1. The minimum absolute atomic E-state index is 0.0432. The van der Waals surface area contributed by atoms with E-state index in [1.807, 2.05) is 0 Å². The lowest BCUT2D eigenvalue weighted by Gasteiger charge is -1.70. The minimum Gasteiger partial charge on any atom is -0.394 e. The van der Waals surface area contributed by atoms with Crippen LogP contribution in [0.2, 0.25) is 0 Å². The van der Waals surface area contributed by atoms with E-state index < -0.39 is 5.24 Å². The van der Waals surface area contributed by atoms with Crippen molar-refractivity contribution in [2.24, 2.45) is 0 Å². The first kappa shape index (κ1) is 11.4. The van der Waals surface area contributed by atoms with Crippen LogP contribution >= 0.6 is 11.6 Å². The molecule has 0 rings (SSSR count). The van der Waals surface area contributed by atoms with Gasteiger partial charge in [0.25, 0.3) is 5.24 Å². The fourth-order valence-electron chi connectivity index (χ4n) is 0. The van der Waals surface area contributed by atoms with E-state index in [4.69, 9.17) is 15.0 Å². The number of hydrogen-bond donors (Lipinski definition) is 2. The van der Waals surface area contributed by atoms with Crippen molar-refractivity contribution < 1.29 is 19.8 Å². The third-order valence-electron chi connectivity index (χ3n) is 0.193. The quantitative estimate of drug-likeness (QED) is 0.302. The van der Waals surface area contributed by atoms with Crippen LogP contribution in [0.15, 0.2) is 0 Å². The van der Waals surface area contributed by atoms with Crippen molar-refractivity contribution in [3.63, 3.8) is 0 Å². The van der Waals surface area contributed by atoms with Crippen LogP contribution in [0.5, 0.6) is 0 Å². The number of hydrogen-bond acceptors (Lipinski definition) is 4. The van der Waals surface area contributed by atoms with E-state index >= 15 is 0 Å². The molecule has 0 unspecified atom stereocenters. The van der Waals surface area contributed by atoms with Gasteiger partial charge in [0.05, 0.1) is 13.2 Å². The maximum absolute atomic E-state index is 9.21. The fraction of sp³-hybridized carbons (Fsp3) is 0.500. The predicted molar refractivity (Wildman–Crippen MR) is 31.1 cm³/mol. The number of halogens is 1. The smallest absolute Gasteiger partial charge is 0.284 e. The van der Waals surface area contributed by atoms with Crippen LogP contribution in [0.1, 0.15) is 0 Å². The molecule has 0 aromatic rings. The highest BCUT2D eigenvalue weighted by Gasteiger charge is 1.80. The second-order valence-electron chi connectivity index (χ2n) is 0.869. The first-order chi connectivity index (χ1) is 4.18. The highest BCUT2D eigenvalue weighted by Crippen LogP contribution is 1.65. The molecule has 0 saturated heterocycles. The van der Waals surface area contributed by atoms with Crippen molar-refractivity contribution in [1.29, 1.82) is 0 Å². The number of carbonyl (C=O) groups is 2. The molecular weight excluding hydrogens is 147 g/mol. The molecule has 9 heavy (non-hydrogen) atoms. The Balaban J connectivity index is 0. The fourth-order valence-corrected chi connectivity index (χ4v) is 0. The molecular formula is C4H7ClO4. The summed E-state index contributed by atoms with van der Waals surface area (Å²) in [5.74, 6) is 0. The molecule has 0 aliphatic carbocycles. The van der Waals surface area contributed by atoms with Crippen LogP contribution in [0, 0.1) is 0 Å². The third kappa shape index (κ3) is 35.8. The summed E-state index contributed by atoms with van der Waals surface area (Å²) in [5, 5.41) is 14.3. The minimum atomic E-state index is -0.954. The second-order valence-corrected chi connectivity index (χ2v) is 1.24. The summed E-state index contributed by atoms with van der Waals surface area (Å²) in [6, 6.07) is 0. The van der Waals surface area contributed by atoms with Crippen molar-refractivity contribution in [3.8, 4) is 0 Å². The molecule has 5 heteroatoms.